The third-order valence-corrected chi connectivity index (χ3v) is 12.2. The number of carbonyl (C=O) groups excluding carboxylic acids is 9. The zero-order valence-electron chi connectivity index (χ0n) is 48.5. The number of benzene rings is 4. The minimum atomic E-state index is -1.42. The molecular weight excluding hydrogens is 1150 g/mol. The predicted octanol–water partition coefficient (Wildman–Crippen LogP) is -1.28. The molecule has 0 saturated carbocycles. The van der Waals surface area contributed by atoms with Crippen molar-refractivity contribution in [2.75, 3.05) is 75.4 Å². The monoisotopic (exact) mass is 1220 g/mol. The van der Waals surface area contributed by atoms with Crippen molar-refractivity contribution in [3.05, 3.63) is 95.1 Å². The van der Waals surface area contributed by atoms with Gasteiger partial charge in [-0.25, -0.2) is 4.79 Å². The van der Waals surface area contributed by atoms with Gasteiger partial charge in [0.2, 0.25) is 29.5 Å². The Kier molecular flexibility index (Phi) is 27.0. The van der Waals surface area contributed by atoms with Crippen molar-refractivity contribution < 1.29 is 72.0 Å². The molecule has 3 atom stereocenters. The molecule has 0 saturated heterocycles. The van der Waals surface area contributed by atoms with E-state index >= 15 is 0 Å². The number of amides is 9. The summed E-state index contributed by atoms with van der Waals surface area (Å²) in [5.74, 6) is -9.24. The molecule has 0 aliphatic rings. The number of ether oxygens (including phenoxy) is 4. The Balaban J connectivity index is 1.67. The summed E-state index contributed by atoms with van der Waals surface area (Å²) in [6.07, 6.45) is 0.246. The molecule has 9 amide bonds. The highest BCUT2D eigenvalue weighted by atomic mass is 16.5. The van der Waals surface area contributed by atoms with E-state index in [4.69, 9.17) is 59.1 Å². The number of methoxy groups -OCH3 is 3. The molecule has 0 radical (unpaired) electrons. The van der Waals surface area contributed by atoms with Gasteiger partial charge in [0.1, 0.15) is 41.1 Å². The molecule has 472 valence electrons. The molecule has 4 aromatic carbocycles. The van der Waals surface area contributed by atoms with Crippen molar-refractivity contribution in [3.63, 3.8) is 0 Å². The SMILES string of the molecule is COc1ccc(NC(=O)[C@H](CCCN=C(N)N)NC(=O)c2cc(NC(=O)[C@H](CCCN=C(N)N)NC(=O)c3cc(NC(=O)[C@H](CCCN=C(N)N)NC(=O)c4cc(NC(C)=O)ccc4OC)ccc3OC)ccc2OCC(=O)O)cc1C(=O)NCC(N)=O. The van der Waals surface area contributed by atoms with E-state index in [1.807, 2.05) is 0 Å². The molecule has 33 nitrogen and oxygen atoms in total. The van der Waals surface area contributed by atoms with Crippen LogP contribution in [-0.4, -0.2) is 154 Å². The zero-order chi connectivity index (χ0) is 65.0. The Morgan fingerprint density at radius 1 is 0.455 bits per heavy atom. The smallest absolute Gasteiger partial charge is 0.341 e. The van der Waals surface area contributed by atoms with Crippen molar-refractivity contribution in [1.82, 2.24) is 21.3 Å². The summed E-state index contributed by atoms with van der Waals surface area (Å²) in [5.41, 5.74) is 37.9. The Morgan fingerprint density at radius 2 is 0.761 bits per heavy atom. The molecule has 23 N–H and O–H groups in total. The Hall–Kier alpha value is -11.4. The molecule has 0 spiro atoms. The van der Waals surface area contributed by atoms with E-state index in [0.717, 1.165) is 6.07 Å². The van der Waals surface area contributed by atoms with Crippen LogP contribution < -0.4 is 102 Å². The number of aliphatic imine (C=N–C) groups is 3. The highest BCUT2D eigenvalue weighted by Gasteiger charge is 2.29. The number of carboxylic acid groups (broad SMARTS) is 1. The largest absolute Gasteiger partial charge is 0.496 e. The highest BCUT2D eigenvalue weighted by molar-refractivity contribution is 6.08. The van der Waals surface area contributed by atoms with Crippen LogP contribution in [0.3, 0.4) is 0 Å². The lowest BCUT2D eigenvalue weighted by Crippen LogP contribution is -2.44. The number of primary amides is 1. The van der Waals surface area contributed by atoms with Crippen molar-refractivity contribution in [3.8, 4) is 23.0 Å². The van der Waals surface area contributed by atoms with Gasteiger partial charge in [-0.15, -0.1) is 0 Å². The average molecular weight is 1230 g/mol. The summed E-state index contributed by atoms with van der Waals surface area (Å²) in [4.78, 5) is 145. The van der Waals surface area contributed by atoms with Crippen LogP contribution >= 0.6 is 0 Å². The van der Waals surface area contributed by atoms with E-state index < -0.39 is 90.4 Å². The van der Waals surface area contributed by atoms with Crippen molar-refractivity contribution in [2.45, 2.75) is 63.6 Å². The Morgan fingerprint density at radius 3 is 1.06 bits per heavy atom. The van der Waals surface area contributed by atoms with Crippen LogP contribution in [0.25, 0.3) is 0 Å². The molecule has 0 aliphatic carbocycles. The second-order valence-electron chi connectivity index (χ2n) is 18.9. The zero-order valence-corrected chi connectivity index (χ0v) is 48.5. The van der Waals surface area contributed by atoms with Crippen LogP contribution in [0.5, 0.6) is 23.0 Å². The van der Waals surface area contributed by atoms with E-state index in [-0.39, 0.29) is 144 Å². The number of carbonyl (C=O) groups is 10. The first kappa shape index (κ1) is 69.1. The van der Waals surface area contributed by atoms with E-state index in [9.17, 15) is 53.1 Å². The Labute approximate surface area is 503 Å². The van der Waals surface area contributed by atoms with Crippen LogP contribution in [0, 0.1) is 0 Å². The van der Waals surface area contributed by atoms with Gasteiger partial charge in [-0.1, -0.05) is 0 Å². The van der Waals surface area contributed by atoms with Gasteiger partial charge in [0.05, 0.1) is 50.1 Å². The fourth-order valence-corrected chi connectivity index (χ4v) is 8.12. The fraction of sp³-hybridized carbons (Fsp3) is 0.327. The minimum Gasteiger partial charge on any atom is -0.496 e. The highest BCUT2D eigenvalue weighted by Crippen LogP contribution is 2.28. The van der Waals surface area contributed by atoms with E-state index in [1.54, 1.807) is 0 Å². The van der Waals surface area contributed by atoms with Gasteiger partial charge >= 0.3 is 5.97 Å². The lowest BCUT2D eigenvalue weighted by molar-refractivity contribution is -0.139. The number of anilines is 4. The topological polar surface area (TPSA) is 543 Å². The molecule has 0 unspecified atom stereocenters. The van der Waals surface area contributed by atoms with Crippen LogP contribution in [0.1, 0.15) is 86.9 Å². The van der Waals surface area contributed by atoms with Crippen LogP contribution in [0.15, 0.2) is 87.8 Å². The fourth-order valence-electron chi connectivity index (χ4n) is 8.12. The first-order valence-corrected chi connectivity index (χ1v) is 26.7. The van der Waals surface area contributed by atoms with Crippen LogP contribution in [-0.2, 0) is 28.8 Å². The quantitative estimate of drug-likeness (QED) is 0.0147. The van der Waals surface area contributed by atoms with Gasteiger partial charge in [-0.05, 0) is 111 Å². The normalized spacial score (nSPS) is 11.5. The lowest BCUT2D eigenvalue weighted by Gasteiger charge is -2.22. The maximum Gasteiger partial charge on any atom is 0.341 e. The average Bonchev–Trinajstić information content (AvgIpc) is 3.11. The predicted molar refractivity (Wildman–Crippen MR) is 324 cm³/mol. The van der Waals surface area contributed by atoms with Gasteiger partial charge in [0.25, 0.3) is 23.6 Å². The molecule has 0 fully saturated rings. The maximum atomic E-state index is 14.4. The molecule has 88 heavy (non-hydrogen) atoms. The summed E-state index contributed by atoms with van der Waals surface area (Å²) in [6.45, 7) is -0.0245. The summed E-state index contributed by atoms with van der Waals surface area (Å²) in [6, 6.07) is 12.0. The molecule has 0 heterocycles. The third-order valence-electron chi connectivity index (χ3n) is 12.2. The van der Waals surface area contributed by atoms with E-state index in [0.29, 0.717) is 0 Å². The number of aliphatic carboxylic acids is 1. The molecule has 33 heteroatoms. The number of nitrogens with one attached hydrogen (secondary N) is 8. The van der Waals surface area contributed by atoms with Gasteiger partial charge in [-0.3, -0.25) is 58.1 Å². The van der Waals surface area contributed by atoms with Gasteiger partial charge in [-0.2, -0.15) is 0 Å². The molecule has 0 bridgehead atoms. The second-order valence-corrected chi connectivity index (χ2v) is 18.9. The van der Waals surface area contributed by atoms with Gasteiger partial charge in [0, 0.05) is 49.3 Å². The van der Waals surface area contributed by atoms with Crippen LogP contribution in [0.4, 0.5) is 22.7 Å². The summed E-state index contributed by atoms with van der Waals surface area (Å²) in [7, 11) is 3.90. The maximum absolute atomic E-state index is 14.4. The minimum absolute atomic E-state index is 0.00237. The molecule has 0 aromatic heterocycles. The first-order chi connectivity index (χ1) is 41.8. The van der Waals surface area contributed by atoms with Crippen LogP contribution in [0.2, 0.25) is 0 Å². The second kappa shape index (κ2) is 34.4. The van der Waals surface area contributed by atoms with Crippen molar-refractivity contribution in [2.24, 2.45) is 55.1 Å². The number of nitrogens with zero attached hydrogens (tertiary/aromatic N) is 3. The van der Waals surface area contributed by atoms with E-state index in [2.05, 4.69) is 57.5 Å². The Bertz CT molecular complexity index is 3310. The third kappa shape index (κ3) is 22.6. The first-order valence-electron chi connectivity index (χ1n) is 26.7. The number of hydrogen-bond donors (Lipinski definition) is 16. The number of carboxylic acids is 1. The number of nitrogens with two attached hydrogens (primary N) is 7. The van der Waals surface area contributed by atoms with Gasteiger partial charge < -0.3 is 107 Å². The summed E-state index contributed by atoms with van der Waals surface area (Å²) in [5, 5.41) is 30.3. The molecular formula is C55H72N18O15. The van der Waals surface area contributed by atoms with E-state index in [1.165, 1.54) is 95.0 Å². The summed E-state index contributed by atoms with van der Waals surface area (Å²) < 4.78 is 21.6. The number of rotatable bonds is 34. The standard InChI is InChI=1S/C55H72N18O15/c1-28(74)67-29-11-15-41(86-3)34(22-29)47(79)71-37(8-5-19-63-53(57)58)50(82)69-31-13-17-42(87-4)35(24-31)48(80)72-38(9-6-20-64-54(59)60)51(83)70-32-14-18-43(88-27-45(76)77)36(25-32)49(81)73-39(10-7-21-65-55(61)62)52(84)68-30-12-16-40(85-2)33(23-30)46(78)66-26-44(56)75/h11-18,22-25,37-39H,5-10,19-21,26-27H2,1-4H3,(H2,56,75)(H,66,78)(H,67,74)(H,68,84)(H,69,82)(H,70,83)(H,71,79)(H,72,80)(H,73,81)(H,76,77)(H4,57,58,63)(H4,59,60,64)(H4,61,62,65)/t37-,38-,39-/m0/s1. The number of hydrogen-bond acceptors (Lipinski definition) is 17. The molecule has 4 rings (SSSR count). The molecule has 4 aromatic rings. The molecule has 0 aliphatic heterocycles. The van der Waals surface area contributed by atoms with Crippen molar-refractivity contribution >= 4 is 99.8 Å². The number of guanidine groups is 3. The lowest BCUT2D eigenvalue weighted by atomic mass is 10.1. The van der Waals surface area contributed by atoms with Gasteiger partial charge in [0.15, 0.2) is 24.5 Å². The van der Waals surface area contributed by atoms with Crippen molar-refractivity contribution in [1.29, 1.82) is 0 Å². The summed E-state index contributed by atoms with van der Waals surface area (Å²) >= 11 is 0.